The van der Waals surface area contributed by atoms with Crippen molar-refractivity contribution in [2.45, 2.75) is 5.92 Å². The summed E-state index contributed by atoms with van der Waals surface area (Å²) in [6.45, 7) is 0.447. The highest BCUT2D eigenvalue weighted by Gasteiger charge is 2.16. The van der Waals surface area contributed by atoms with Crippen molar-refractivity contribution >= 4 is 12.2 Å². The van der Waals surface area contributed by atoms with E-state index in [1.54, 1.807) is 0 Å². The number of hydrogen-bond donors (Lipinski definition) is 2. The minimum atomic E-state index is -0.970. The number of rotatable bonds is 2. The normalized spacial score (nSPS) is 17.9. The number of nitrogens with one attached hydrogen (secondary N) is 1. The summed E-state index contributed by atoms with van der Waals surface area (Å²) in [5, 5.41) is 10.9. The van der Waals surface area contributed by atoms with Crippen molar-refractivity contribution in [3.05, 3.63) is 41.5 Å². The molecule has 0 saturated heterocycles. The SMILES string of the molecule is O=C(O)NCC1C=Cc2ccccc21. The highest BCUT2D eigenvalue weighted by molar-refractivity contribution is 5.66. The van der Waals surface area contributed by atoms with Crippen LogP contribution in [0.15, 0.2) is 30.3 Å². The van der Waals surface area contributed by atoms with Crippen LogP contribution in [0.2, 0.25) is 0 Å². The topological polar surface area (TPSA) is 49.3 Å². The molecule has 0 aromatic heterocycles. The van der Waals surface area contributed by atoms with E-state index in [1.165, 1.54) is 11.1 Å². The smallest absolute Gasteiger partial charge is 0.404 e. The van der Waals surface area contributed by atoms with Gasteiger partial charge in [-0.1, -0.05) is 36.4 Å². The molecule has 72 valence electrons. The molecule has 2 N–H and O–H groups in total. The number of amides is 1. The third-order valence-electron chi connectivity index (χ3n) is 2.38. The Balaban J connectivity index is 2.11. The molecule has 1 aromatic rings. The van der Waals surface area contributed by atoms with Gasteiger partial charge in [0.25, 0.3) is 0 Å². The molecule has 0 fully saturated rings. The predicted molar refractivity (Wildman–Crippen MR) is 54.2 cm³/mol. The Hall–Kier alpha value is -1.77. The second-order valence-corrected chi connectivity index (χ2v) is 3.28. The second-order valence-electron chi connectivity index (χ2n) is 3.28. The Morgan fingerprint density at radius 2 is 2.21 bits per heavy atom. The standard InChI is InChI=1S/C11H11NO2/c13-11(14)12-7-9-6-5-8-3-1-2-4-10(8)9/h1-6,9,12H,7H2,(H,13,14). The van der Waals surface area contributed by atoms with Crippen LogP contribution in [0, 0.1) is 0 Å². The van der Waals surface area contributed by atoms with Crippen LogP contribution in [-0.4, -0.2) is 17.7 Å². The minimum absolute atomic E-state index is 0.183. The molecule has 1 aromatic carbocycles. The molecular weight excluding hydrogens is 178 g/mol. The molecule has 0 bridgehead atoms. The Labute approximate surface area is 82.1 Å². The third-order valence-corrected chi connectivity index (χ3v) is 2.38. The zero-order chi connectivity index (χ0) is 9.97. The predicted octanol–water partition coefficient (Wildman–Crippen LogP) is 2.06. The van der Waals surface area contributed by atoms with Crippen molar-refractivity contribution in [3.63, 3.8) is 0 Å². The lowest BCUT2D eigenvalue weighted by molar-refractivity contribution is 0.194. The first-order valence-corrected chi connectivity index (χ1v) is 4.51. The van der Waals surface area contributed by atoms with E-state index in [0.717, 1.165) is 0 Å². The van der Waals surface area contributed by atoms with E-state index >= 15 is 0 Å². The molecule has 0 aliphatic heterocycles. The van der Waals surface area contributed by atoms with E-state index in [1.807, 2.05) is 36.4 Å². The monoisotopic (exact) mass is 189 g/mol. The van der Waals surface area contributed by atoms with Crippen molar-refractivity contribution in [2.75, 3.05) is 6.54 Å². The zero-order valence-corrected chi connectivity index (χ0v) is 7.60. The summed E-state index contributed by atoms with van der Waals surface area (Å²) in [6.07, 6.45) is 3.09. The van der Waals surface area contributed by atoms with Gasteiger partial charge in [0.1, 0.15) is 0 Å². The van der Waals surface area contributed by atoms with Crippen molar-refractivity contribution in [1.29, 1.82) is 0 Å². The maximum atomic E-state index is 10.3. The van der Waals surface area contributed by atoms with Gasteiger partial charge in [0, 0.05) is 12.5 Å². The quantitative estimate of drug-likeness (QED) is 0.748. The first-order chi connectivity index (χ1) is 6.77. The minimum Gasteiger partial charge on any atom is -0.465 e. The van der Waals surface area contributed by atoms with Crippen molar-refractivity contribution in [1.82, 2.24) is 5.32 Å². The van der Waals surface area contributed by atoms with Crippen molar-refractivity contribution in [2.24, 2.45) is 0 Å². The fourth-order valence-electron chi connectivity index (χ4n) is 1.70. The molecule has 1 atom stereocenters. The average Bonchev–Trinajstić information content (AvgIpc) is 2.58. The third kappa shape index (κ3) is 1.62. The average molecular weight is 189 g/mol. The molecule has 14 heavy (non-hydrogen) atoms. The number of fused-ring (bicyclic) bond motifs is 1. The Morgan fingerprint density at radius 3 is 3.00 bits per heavy atom. The van der Waals surface area contributed by atoms with Gasteiger partial charge in [0.05, 0.1) is 0 Å². The van der Waals surface area contributed by atoms with Gasteiger partial charge in [0.15, 0.2) is 0 Å². The van der Waals surface area contributed by atoms with Crippen LogP contribution in [0.25, 0.3) is 6.08 Å². The number of carbonyl (C=O) groups is 1. The van der Waals surface area contributed by atoms with E-state index in [0.29, 0.717) is 6.54 Å². The molecule has 3 heteroatoms. The summed E-state index contributed by atoms with van der Waals surface area (Å²) in [7, 11) is 0. The lowest BCUT2D eigenvalue weighted by atomic mass is 10.0. The van der Waals surface area contributed by atoms with Crippen LogP contribution < -0.4 is 5.32 Å². The summed E-state index contributed by atoms with van der Waals surface area (Å²) in [4.78, 5) is 10.3. The molecule has 3 nitrogen and oxygen atoms in total. The van der Waals surface area contributed by atoms with E-state index in [-0.39, 0.29) is 5.92 Å². The first kappa shape index (κ1) is 8.81. The van der Waals surface area contributed by atoms with E-state index in [9.17, 15) is 4.79 Å². The summed E-state index contributed by atoms with van der Waals surface area (Å²) >= 11 is 0. The molecule has 0 saturated carbocycles. The van der Waals surface area contributed by atoms with Gasteiger partial charge in [-0.3, -0.25) is 0 Å². The highest BCUT2D eigenvalue weighted by atomic mass is 16.4. The number of carboxylic acid groups (broad SMARTS) is 1. The molecule has 0 radical (unpaired) electrons. The highest BCUT2D eigenvalue weighted by Crippen LogP contribution is 2.28. The van der Waals surface area contributed by atoms with Gasteiger partial charge in [-0.15, -0.1) is 0 Å². The molecule has 1 amide bonds. The fourth-order valence-corrected chi connectivity index (χ4v) is 1.70. The van der Waals surface area contributed by atoms with Gasteiger partial charge >= 0.3 is 6.09 Å². The van der Waals surface area contributed by atoms with Crippen molar-refractivity contribution in [3.8, 4) is 0 Å². The summed E-state index contributed by atoms with van der Waals surface area (Å²) in [5.41, 5.74) is 2.38. The van der Waals surface area contributed by atoms with Crippen LogP contribution in [-0.2, 0) is 0 Å². The summed E-state index contributed by atoms with van der Waals surface area (Å²) in [6, 6.07) is 8.02. The second kappa shape index (κ2) is 3.54. The molecule has 1 aliphatic rings. The van der Waals surface area contributed by atoms with Gasteiger partial charge in [-0.25, -0.2) is 4.79 Å². The molecule has 2 rings (SSSR count). The van der Waals surface area contributed by atoms with E-state index < -0.39 is 6.09 Å². The van der Waals surface area contributed by atoms with E-state index in [2.05, 4.69) is 5.32 Å². The zero-order valence-electron chi connectivity index (χ0n) is 7.60. The maximum absolute atomic E-state index is 10.3. The summed E-state index contributed by atoms with van der Waals surface area (Å²) in [5.74, 6) is 0.183. The molecule has 0 heterocycles. The molecule has 1 unspecified atom stereocenters. The van der Waals surface area contributed by atoms with Crippen LogP contribution in [0.5, 0.6) is 0 Å². The molecule has 0 spiro atoms. The summed E-state index contributed by atoms with van der Waals surface area (Å²) < 4.78 is 0. The molecular formula is C11H11NO2. The Bertz CT molecular complexity index is 385. The Kier molecular flexibility index (Phi) is 2.23. The van der Waals surface area contributed by atoms with Gasteiger partial charge in [-0.05, 0) is 11.1 Å². The lowest BCUT2D eigenvalue weighted by Gasteiger charge is -2.09. The van der Waals surface area contributed by atoms with Gasteiger partial charge in [0.2, 0.25) is 0 Å². The fraction of sp³-hybridized carbons (Fsp3) is 0.182. The van der Waals surface area contributed by atoms with Crippen molar-refractivity contribution < 1.29 is 9.90 Å². The van der Waals surface area contributed by atoms with Crippen LogP contribution in [0.3, 0.4) is 0 Å². The van der Waals surface area contributed by atoms with Crippen LogP contribution >= 0.6 is 0 Å². The largest absolute Gasteiger partial charge is 0.465 e. The van der Waals surface area contributed by atoms with E-state index in [4.69, 9.17) is 5.11 Å². The van der Waals surface area contributed by atoms with Crippen LogP contribution in [0.1, 0.15) is 17.0 Å². The number of hydrogen-bond acceptors (Lipinski definition) is 1. The first-order valence-electron chi connectivity index (χ1n) is 4.51. The Morgan fingerprint density at radius 1 is 1.43 bits per heavy atom. The van der Waals surface area contributed by atoms with Gasteiger partial charge in [-0.2, -0.15) is 0 Å². The lowest BCUT2D eigenvalue weighted by Crippen LogP contribution is -2.25. The van der Waals surface area contributed by atoms with Crippen LogP contribution in [0.4, 0.5) is 4.79 Å². The number of benzene rings is 1. The van der Waals surface area contributed by atoms with Gasteiger partial charge < -0.3 is 10.4 Å². The maximum Gasteiger partial charge on any atom is 0.404 e. The molecule has 1 aliphatic carbocycles.